The number of benzene rings is 8. The number of para-hydroxylation sites is 2. The summed E-state index contributed by atoms with van der Waals surface area (Å²) in [5.41, 5.74) is 16.8. The molecule has 0 radical (unpaired) electrons. The molecule has 3 aromatic heterocycles. The van der Waals surface area contributed by atoms with Crippen LogP contribution in [0.1, 0.15) is 79.0 Å². The van der Waals surface area contributed by atoms with Crippen LogP contribution in [0.3, 0.4) is 0 Å². The van der Waals surface area contributed by atoms with Crippen LogP contribution in [0, 0.1) is 0 Å². The third-order valence-corrected chi connectivity index (χ3v) is 14.6. The molecule has 1 aliphatic rings. The van der Waals surface area contributed by atoms with E-state index in [4.69, 9.17) is 14.1 Å². The molecular weight excluding hydrogens is 881 g/mol. The van der Waals surface area contributed by atoms with E-state index in [9.17, 15) is 0 Å². The summed E-state index contributed by atoms with van der Waals surface area (Å²) in [6.45, 7) is 21.2. The number of hydrogen-bond acceptors (Lipinski definition) is 5. The number of nitrogens with zero attached hydrogens (tertiary/aromatic N) is 4. The van der Waals surface area contributed by atoms with Crippen molar-refractivity contribution < 1.29 is 9.15 Å². The minimum atomic E-state index is -0.0555. The highest BCUT2D eigenvalue weighted by atomic mass is 16.5. The van der Waals surface area contributed by atoms with Crippen LogP contribution in [-0.2, 0) is 16.2 Å². The molecule has 0 spiro atoms. The molecular formula is C66H60N4O2. The summed E-state index contributed by atoms with van der Waals surface area (Å²) in [5, 5.41) is 4.51. The van der Waals surface area contributed by atoms with Gasteiger partial charge < -0.3 is 19.0 Å². The van der Waals surface area contributed by atoms with Gasteiger partial charge in [-0.05, 0) is 135 Å². The van der Waals surface area contributed by atoms with Crippen molar-refractivity contribution >= 4 is 66.5 Å². The van der Waals surface area contributed by atoms with Crippen LogP contribution in [0.2, 0.25) is 0 Å². The first-order valence-corrected chi connectivity index (χ1v) is 25.2. The van der Waals surface area contributed by atoms with Gasteiger partial charge in [-0.25, -0.2) is 4.98 Å². The van der Waals surface area contributed by atoms with E-state index in [2.05, 4.69) is 247 Å². The summed E-state index contributed by atoms with van der Waals surface area (Å²) in [4.78, 5) is 9.94. The van der Waals surface area contributed by atoms with Crippen molar-refractivity contribution in [1.82, 2.24) is 9.55 Å². The Bertz CT molecular complexity index is 3860. The largest absolute Gasteiger partial charge is 0.457 e. The zero-order chi connectivity index (χ0) is 49.7. The van der Waals surface area contributed by atoms with Crippen LogP contribution in [0.5, 0.6) is 11.5 Å². The minimum Gasteiger partial charge on any atom is -0.457 e. The van der Waals surface area contributed by atoms with Gasteiger partial charge in [0.2, 0.25) is 0 Å². The van der Waals surface area contributed by atoms with E-state index in [-0.39, 0.29) is 16.2 Å². The minimum absolute atomic E-state index is 0.0253. The van der Waals surface area contributed by atoms with E-state index in [1.807, 2.05) is 18.3 Å². The SMILES string of the molecule is CC(C)(C)c1cc(N2CN(c3cccc(Oc4ccc5c6cc(-c7ccc8c(c7)oc7ccccc78)ccc6n(-c6cc(C(C)(C)C)ccn6)c5c4)c3)c3cccc(-c4ccccc4)c32)cc(C(C)(C)C)c1. The van der Waals surface area contributed by atoms with E-state index < -0.39 is 0 Å². The highest BCUT2D eigenvalue weighted by molar-refractivity contribution is 6.11. The Kier molecular flexibility index (Phi) is 10.5. The lowest BCUT2D eigenvalue weighted by Gasteiger charge is -2.30. The Labute approximate surface area is 422 Å². The summed E-state index contributed by atoms with van der Waals surface area (Å²) in [5.74, 6) is 2.37. The predicted molar refractivity (Wildman–Crippen MR) is 301 cm³/mol. The van der Waals surface area contributed by atoms with Crippen molar-refractivity contribution in [1.29, 1.82) is 0 Å². The Hall–Kier alpha value is -8.09. The van der Waals surface area contributed by atoms with Crippen LogP contribution in [0.25, 0.3) is 71.8 Å². The first-order chi connectivity index (χ1) is 34.5. The number of anilines is 4. The molecule has 6 heteroatoms. The molecule has 11 aromatic rings. The van der Waals surface area contributed by atoms with Crippen molar-refractivity contribution in [2.24, 2.45) is 0 Å². The van der Waals surface area contributed by atoms with Crippen molar-refractivity contribution in [3.63, 3.8) is 0 Å². The Morgan fingerprint density at radius 3 is 1.90 bits per heavy atom. The van der Waals surface area contributed by atoms with Gasteiger partial charge in [-0.15, -0.1) is 0 Å². The van der Waals surface area contributed by atoms with Gasteiger partial charge in [-0.3, -0.25) is 4.57 Å². The highest BCUT2D eigenvalue weighted by Crippen LogP contribution is 2.51. The normalized spacial score (nSPS) is 13.2. The van der Waals surface area contributed by atoms with Gasteiger partial charge in [-0.1, -0.05) is 147 Å². The Balaban J connectivity index is 0.947. The first kappa shape index (κ1) is 45.1. The molecule has 0 amide bonds. The summed E-state index contributed by atoms with van der Waals surface area (Å²) >= 11 is 0. The lowest BCUT2D eigenvalue weighted by atomic mass is 9.80. The van der Waals surface area contributed by atoms with E-state index in [1.54, 1.807) is 0 Å². The third-order valence-electron chi connectivity index (χ3n) is 14.6. The Morgan fingerprint density at radius 1 is 0.444 bits per heavy atom. The highest BCUT2D eigenvalue weighted by Gasteiger charge is 2.33. The van der Waals surface area contributed by atoms with Crippen molar-refractivity contribution in [3.05, 3.63) is 205 Å². The molecule has 0 unspecified atom stereocenters. The predicted octanol–water partition coefficient (Wildman–Crippen LogP) is 18.3. The number of hydrogen-bond donors (Lipinski definition) is 0. The first-order valence-electron chi connectivity index (χ1n) is 25.2. The van der Waals surface area contributed by atoms with Crippen LogP contribution < -0.4 is 14.5 Å². The molecule has 0 aliphatic carbocycles. The summed E-state index contributed by atoms with van der Waals surface area (Å²) < 4.78 is 15.5. The number of aromatic nitrogens is 2. The fraction of sp³-hybridized carbons (Fsp3) is 0.197. The number of rotatable bonds is 7. The van der Waals surface area contributed by atoms with Crippen LogP contribution in [0.15, 0.2) is 193 Å². The zero-order valence-corrected chi connectivity index (χ0v) is 42.7. The van der Waals surface area contributed by atoms with Gasteiger partial charge in [0.1, 0.15) is 35.2 Å². The molecule has 0 atom stereocenters. The molecule has 8 aromatic carbocycles. The summed E-state index contributed by atoms with van der Waals surface area (Å²) in [7, 11) is 0. The molecule has 0 saturated carbocycles. The summed E-state index contributed by atoms with van der Waals surface area (Å²) in [6, 6.07) is 65.5. The quantitative estimate of drug-likeness (QED) is 0.159. The van der Waals surface area contributed by atoms with Crippen molar-refractivity contribution in [2.45, 2.75) is 78.6 Å². The smallest absolute Gasteiger partial charge is 0.137 e. The van der Waals surface area contributed by atoms with E-state index in [0.717, 1.165) is 83.6 Å². The molecule has 72 heavy (non-hydrogen) atoms. The van der Waals surface area contributed by atoms with Gasteiger partial charge >= 0.3 is 0 Å². The topological polar surface area (TPSA) is 46.7 Å². The average molecular weight is 941 g/mol. The molecule has 6 nitrogen and oxygen atoms in total. The van der Waals surface area contributed by atoms with Gasteiger partial charge in [0.15, 0.2) is 0 Å². The van der Waals surface area contributed by atoms with Crippen LogP contribution >= 0.6 is 0 Å². The van der Waals surface area contributed by atoms with Gasteiger partial charge in [0, 0.05) is 56.8 Å². The molecule has 4 heterocycles. The third kappa shape index (κ3) is 7.96. The van der Waals surface area contributed by atoms with E-state index in [0.29, 0.717) is 6.67 Å². The maximum atomic E-state index is 6.92. The second-order valence-corrected chi connectivity index (χ2v) is 22.6. The van der Waals surface area contributed by atoms with Crippen LogP contribution in [-0.4, -0.2) is 16.2 Å². The maximum Gasteiger partial charge on any atom is 0.137 e. The molecule has 0 saturated heterocycles. The molecule has 0 bridgehead atoms. The zero-order valence-electron chi connectivity index (χ0n) is 42.7. The standard InChI is InChI=1S/C66H60N4O2/c1-64(2,3)45-31-32-67-62(38-45)70-57-30-26-43(44-25-28-55-54-21-13-14-24-60(54)72-61(55)34-44)33-56(57)53-29-27-51(40-59(53)70)71-50-20-15-19-48(39-50)68-41-69(49-36-46(65(4,5)6)35-47(37-49)66(7,8)9)63-52(22-16-23-58(63)68)42-17-11-10-12-18-42/h10-40H,41H2,1-9H3. The number of fused-ring (bicyclic) bond motifs is 7. The fourth-order valence-electron chi connectivity index (χ4n) is 10.5. The second-order valence-electron chi connectivity index (χ2n) is 22.6. The monoisotopic (exact) mass is 940 g/mol. The molecule has 0 N–H and O–H groups in total. The number of furan rings is 1. The summed E-state index contributed by atoms with van der Waals surface area (Å²) in [6.07, 6.45) is 1.93. The lowest BCUT2D eigenvalue weighted by molar-refractivity contribution is 0.483. The second kappa shape index (κ2) is 16.8. The average Bonchev–Trinajstić information content (AvgIpc) is 4.05. The van der Waals surface area contributed by atoms with Crippen molar-refractivity contribution in [3.8, 4) is 39.6 Å². The van der Waals surface area contributed by atoms with Crippen LogP contribution in [0.4, 0.5) is 22.7 Å². The molecule has 356 valence electrons. The van der Waals surface area contributed by atoms with E-state index >= 15 is 0 Å². The fourth-order valence-corrected chi connectivity index (χ4v) is 10.5. The van der Waals surface area contributed by atoms with Gasteiger partial charge in [0.25, 0.3) is 0 Å². The lowest BCUT2D eigenvalue weighted by Crippen LogP contribution is -2.25. The van der Waals surface area contributed by atoms with E-state index in [1.165, 1.54) is 39.2 Å². The number of ether oxygens (including phenoxy) is 1. The molecule has 1 aliphatic heterocycles. The molecule has 12 rings (SSSR count). The number of pyridine rings is 1. The van der Waals surface area contributed by atoms with Crippen molar-refractivity contribution in [2.75, 3.05) is 16.5 Å². The molecule has 0 fully saturated rings. The van der Waals surface area contributed by atoms with Gasteiger partial charge in [0.05, 0.1) is 22.4 Å². The van der Waals surface area contributed by atoms with Gasteiger partial charge in [-0.2, -0.15) is 0 Å². The Morgan fingerprint density at radius 2 is 1.12 bits per heavy atom. The maximum absolute atomic E-state index is 6.92.